The van der Waals surface area contributed by atoms with Gasteiger partial charge in [0.2, 0.25) is 0 Å². The summed E-state index contributed by atoms with van der Waals surface area (Å²) >= 11 is 7.96. The van der Waals surface area contributed by atoms with Gasteiger partial charge in [0.05, 0.1) is 9.77 Å². The topological polar surface area (TPSA) is 30.7 Å². The molecule has 0 spiro atoms. The fourth-order valence-electron chi connectivity index (χ4n) is 1.36. The summed E-state index contributed by atoms with van der Waals surface area (Å²) in [6.07, 6.45) is 5.53. The first-order valence-corrected chi connectivity index (χ1v) is 6.04. The minimum absolute atomic E-state index is 0.491. The minimum Gasteiger partial charge on any atom is -0.237 e. The van der Waals surface area contributed by atoms with E-state index in [-0.39, 0.29) is 0 Å². The number of hydrogen-bond donors (Lipinski definition) is 0. The minimum atomic E-state index is 0.491. The second kappa shape index (κ2) is 4.49. The summed E-state index contributed by atoms with van der Waals surface area (Å²) in [5.41, 5.74) is 2.10. The van der Waals surface area contributed by atoms with Crippen molar-refractivity contribution >= 4 is 34.2 Å². The number of rotatable bonds is 2. The van der Waals surface area contributed by atoms with E-state index in [0.29, 0.717) is 5.88 Å². The lowest BCUT2D eigenvalue weighted by Crippen LogP contribution is -2.01. The zero-order valence-corrected chi connectivity index (χ0v) is 11.0. The molecular formula is C10H9ClIN3. The van der Waals surface area contributed by atoms with E-state index in [4.69, 9.17) is 11.6 Å². The molecule has 0 aliphatic rings. The van der Waals surface area contributed by atoms with E-state index >= 15 is 0 Å². The number of pyridine rings is 1. The van der Waals surface area contributed by atoms with Gasteiger partial charge in [0, 0.05) is 18.3 Å². The summed E-state index contributed by atoms with van der Waals surface area (Å²) in [7, 11) is 0. The van der Waals surface area contributed by atoms with Crippen molar-refractivity contribution in [2.45, 2.75) is 12.8 Å². The van der Waals surface area contributed by atoms with Gasteiger partial charge in [0.1, 0.15) is 0 Å². The molecule has 0 unspecified atom stereocenters. The molecule has 2 aromatic rings. The predicted octanol–water partition coefficient (Wildman–Crippen LogP) is 2.92. The first-order valence-electron chi connectivity index (χ1n) is 4.42. The second-order valence-corrected chi connectivity index (χ2v) is 4.73. The van der Waals surface area contributed by atoms with E-state index in [1.165, 1.54) is 0 Å². The van der Waals surface area contributed by atoms with Crippen LogP contribution in [0, 0.1) is 10.5 Å². The molecule has 15 heavy (non-hydrogen) atoms. The van der Waals surface area contributed by atoms with Crippen molar-refractivity contribution in [2.75, 3.05) is 0 Å². The van der Waals surface area contributed by atoms with Crippen LogP contribution < -0.4 is 0 Å². The Morgan fingerprint density at radius 1 is 1.47 bits per heavy atom. The van der Waals surface area contributed by atoms with Gasteiger partial charge in [-0.15, -0.1) is 11.6 Å². The molecule has 0 bridgehead atoms. The maximum Gasteiger partial charge on any atom is 0.156 e. The second-order valence-electron chi connectivity index (χ2n) is 3.22. The molecule has 0 radical (unpaired) electrons. The maximum atomic E-state index is 5.74. The maximum absolute atomic E-state index is 5.74. The number of halogens is 2. The van der Waals surface area contributed by atoms with Crippen LogP contribution in [0.25, 0.3) is 5.82 Å². The summed E-state index contributed by atoms with van der Waals surface area (Å²) in [6.45, 7) is 2.01. The van der Waals surface area contributed by atoms with Gasteiger partial charge in [-0.05, 0) is 46.7 Å². The Morgan fingerprint density at radius 3 is 2.80 bits per heavy atom. The Hall–Kier alpha value is -0.620. The van der Waals surface area contributed by atoms with Crippen LogP contribution in [0.4, 0.5) is 0 Å². The van der Waals surface area contributed by atoms with Gasteiger partial charge in [-0.1, -0.05) is 0 Å². The predicted molar refractivity (Wildman–Crippen MR) is 68.4 cm³/mol. The Morgan fingerprint density at radius 2 is 2.27 bits per heavy atom. The van der Waals surface area contributed by atoms with E-state index in [1.54, 1.807) is 17.1 Å². The van der Waals surface area contributed by atoms with Crippen molar-refractivity contribution in [3.8, 4) is 5.82 Å². The van der Waals surface area contributed by atoms with Gasteiger partial charge < -0.3 is 0 Å². The van der Waals surface area contributed by atoms with E-state index in [1.807, 2.05) is 19.2 Å². The van der Waals surface area contributed by atoms with Gasteiger partial charge in [0.15, 0.2) is 5.82 Å². The summed E-state index contributed by atoms with van der Waals surface area (Å²) in [4.78, 5) is 4.35. The summed E-state index contributed by atoms with van der Waals surface area (Å²) in [6, 6.07) is 2.03. The zero-order chi connectivity index (χ0) is 10.8. The highest BCUT2D eigenvalue weighted by atomic mass is 127. The Balaban J connectivity index is 2.45. The van der Waals surface area contributed by atoms with Gasteiger partial charge in [-0.2, -0.15) is 5.10 Å². The van der Waals surface area contributed by atoms with E-state index in [0.717, 1.165) is 20.5 Å². The van der Waals surface area contributed by atoms with Crippen LogP contribution in [0.15, 0.2) is 24.7 Å². The van der Waals surface area contributed by atoms with Gasteiger partial charge in [-0.25, -0.2) is 9.67 Å². The molecule has 78 valence electrons. The molecule has 3 nitrogen and oxygen atoms in total. The first-order chi connectivity index (χ1) is 7.20. The van der Waals surface area contributed by atoms with Crippen molar-refractivity contribution in [1.29, 1.82) is 0 Å². The van der Waals surface area contributed by atoms with Crippen molar-refractivity contribution in [3.05, 3.63) is 39.4 Å². The van der Waals surface area contributed by atoms with E-state index in [9.17, 15) is 0 Å². The van der Waals surface area contributed by atoms with Crippen LogP contribution in [0.1, 0.15) is 11.1 Å². The average molecular weight is 334 g/mol. The van der Waals surface area contributed by atoms with E-state index < -0.39 is 0 Å². The van der Waals surface area contributed by atoms with Crippen LogP contribution in [-0.4, -0.2) is 14.8 Å². The quantitative estimate of drug-likeness (QED) is 0.625. The Labute approximate surface area is 107 Å². The molecule has 0 aliphatic carbocycles. The summed E-state index contributed by atoms with van der Waals surface area (Å²) < 4.78 is 2.87. The average Bonchev–Trinajstić information content (AvgIpc) is 2.64. The molecule has 2 rings (SSSR count). The van der Waals surface area contributed by atoms with Crippen molar-refractivity contribution in [2.24, 2.45) is 0 Å². The van der Waals surface area contributed by atoms with Gasteiger partial charge >= 0.3 is 0 Å². The molecule has 2 heterocycles. The highest BCUT2D eigenvalue weighted by Crippen LogP contribution is 2.14. The van der Waals surface area contributed by atoms with Crippen LogP contribution in [-0.2, 0) is 5.88 Å². The normalized spacial score (nSPS) is 10.6. The number of aryl methyl sites for hydroxylation is 1. The van der Waals surface area contributed by atoms with Crippen molar-refractivity contribution < 1.29 is 0 Å². The van der Waals surface area contributed by atoms with Gasteiger partial charge in [-0.3, -0.25) is 0 Å². The Bertz CT molecular complexity index is 481. The zero-order valence-electron chi connectivity index (χ0n) is 8.11. The smallest absolute Gasteiger partial charge is 0.156 e. The van der Waals surface area contributed by atoms with Crippen LogP contribution in [0.3, 0.4) is 0 Å². The molecule has 0 saturated heterocycles. The number of nitrogens with zero attached hydrogens (tertiary/aromatic N) is 3. The number of alkyl halides is 1. The fourth-order valence-corrected chi connectivity index (χ4v) is 1.89. The molecule has 0 N–H and O–H groups in total. The molecule has 0 saturated carbocycles. The molecule has 0 aliphatic heterocycles. The van der Waals surface area contributed by atoms with Crippen molar-refractivity contribution in [1.82, 2.24) is 14.8 Å². The molecule has 5 heteroatoms. The number of hydrogen-bond acceptors (Lipinski definition) is 2. The third kappa shape index (κ3) is 2.31. The monoisotopic (exact) mass is 333 g/mol. The highest BCUT2D eigenvalue weighted by Gasteiger charge is 2.04. The lowest BCUT2D eigenvalue weighted by Gasteiger charge is -2.05. The largest absolute Gasteiger partial charge is 0.237 e. The van der Waals surface area contributed by atoms with Crippen LogP contribution >= 0.6 is 34.2 Å². The van der Waals surface area contributed by atoms with E-state index in [2.05, 4.69) is 32.7 Å². The molecule has 0 atom stereocenters. The molecule has 0 aromatic carbocycles. The molecule has 2 aromatic heterocycles. The molecule has 0 fully saturated rings. The molecule has 0 amide bonds. The van der Waals surface area contributed by atoms with Gasteiger partial charge in [0.25, 0.3) is 0 Å². The number of aromatic nitrogens is 3. The fraction of sp³-hybridized carbons (Fsp3) is 0.200. The third-order valence-electron chi connectivity index (χ3n) is 2.03. The lowest BCUT2D eigenvalue weighted by molar-refractivity contribution is 0.835. The van der Waals surface area contributed by atoms with Crippen LogP contribution in [0.2, 0.25) is 0 Å². The third-order valence-corrected chi connectivity index (χ3v) is 2.90. The summed E-state index contributed by atoms with van der Waals surface area (Å²) in [5.74, 6) is 1.34. The highest BCUT2D eigenvalue weighted by molar-refractivity contribution is 14.1. The first kappa shape index (κ1) is 10.9. The Kier molecular flexibility index (Phi) is 3.25. The molecular weight excluding hydrogens is 324 g/mol. The lowest BCUT2D eigenvalue weighted by atomic mass is 10.2. The SMILES string of the molecule is Cc1cc(CCl)cnc1-n1cc(I)cn1. The standard InChI is InChI=1S/C10H9ClIN3/c1-7-2-8(3-11)4-13-10(7)15-6-9(12)5-14-15/h2,4-6H,3H2,1H3. The van der Waals surface area contributed by atoms with Crippen LogP contribution in [0.5, 0.6) is 0 Å². The summed E-state index contributed by atoms with van der Waals surface area (Å²) in [5, 5.41) is 4.22. The van der Waals surface area contributed by atoms with Crippen molar-refractivity contribution in [3.63, 3.8) is 0 Å².